The molecular formula is C23H20N2O2. The Morgan fingerprint density at radius 1 is 0.926 bits per heavy atom. The Labute approximate surface area is 157 Å². The highest BCUT2D eigenvalue weighted by Crippen LogP contribution is 2.38. The SMILES string of the molecule is O=C(Nc1ccccc1)[C@H]1CC(=O)N(c2ccc3c4c(cccc24)CC3)C1. The highest BCUT2D eigenvalue weighted by molar-refractivity contribution is 6.09. The minimum atomic E-state index is -0.333. The Balaban J connectivity index is 1.43. The first kappa shape index (κ1) is 16.1. The number of nitrogens with one attached hydrogen (secondary N) is 1. The molecule has 1 fully saturated rings. The Morgan fingerprint density at radius 3 is 2.52 bits per heavy atom. The third kappa shape index (κ3) is 2.69. The summed E-state index contributed by atoms with van der Waals surface area (Å²) >= 11 is 0. The van der Waals surface area contributed by atoms with Crippen molar-refractivity contribution in [3.8, 4) is 0 Å². The van der Waals surface area contributed by atoms with Crippen molar-refractivity contribution in [2.75, 3.05) is 16.8 Å². The standard InChI is InChI=1S/C23H20N2O2/c26-21-13-17(23(27)24-18-6-2-1-3-7-18)14-25(21)20-12-11-16-10-9-15-5-4-8-19(20)22(15)16/h1-8,11-12,17H,9-10,13-14H2,(H,24,27)/t17-/m0/s1. The third-order valence-electron chi connectivity index (χ3n) is 5.68. The van der Waals surface area contributed by atoms with E-state index in [0.29, 0.717) is 6.54 Å². The van der Waals surface area contributed by atoms with Crippen molar-refractivity contribution in [3.63, 3.8) is 0 Å². The number of carbonyl (C=O) groups is 2. The van der Waals surface area contributed by atoms with Crippen LogP contribution in [0.3, 0.4) is 0 Å². The fraction of sp³-hybridized carbons (Fsp3) is 0.217. The van der Waals surface area contributed by atoms with E-state index in [0.717, 1.165) is 29.6 Å². The van der Waals surface area contributed by atoms with Crippen molar-refractivity contribution in [2.45, 2.75) is 19.3 Å². The zero-order chi connectivity index (χ0) is 18.4. The zero-order valence-electron chi connectivity index (χ0n) is 14.9. The van der Waals surface area contributed by atoms with E-state index in [-0.39, 0.29) is 24.2 Å². The molecule has 0 spiro atoms. The van der Waals surface area contributed by atoms with Gasteiger partial charge in [0, 0.05) is 24.0 Å². The molecule has 0 unspecified atom stereocenters. The van der Waals surface area contributed by atoms with Crippen molar-refractivity contribution >= 4 is 34.0 Å². The van der Waals surface area contributed by atoms with Crippen LogP contribution in [0, 0.1) is 5.92 Å². The number of nitrogens with zero attached hydrogens (tertiary/aromatic N) is 1. The van der Waals surface area contributed by atoms with E-state index in [1.807, 2.05) is 36.4 Å². The highest BCUT2D eigenvalue weighted by atomic mass is 16.2. The Morgan fingerprint density at radius 2 is 1.70 bits per heavy atom. The number of para-hydroxylation sites is 1. The van der Waals surface area contributed by atoms with E-state index < -0.39 is 0 Å². The summed E-state index contributed by atoms with van der Waals surface area (Å²) in [6.07, 6.45) is 2.37. The molecule has 0 radical (unpaired) electrons. The van der Waals surface area contributed by atoms with Gasteiger partial charge in [0.05, 0.1) is 11.6 Å². The number of aryl methyl sites for hydroxylation is 2. The molecule has 1 saturated heterocycles. The average Bonchev–Trinajstić information content (AvgIpc) is 3.28. The normalized spacial score (nSPS) is 18.3. The number of anilines is 2. The van der Waals surface area contributed by atoms with Gasteiger partial charge in [-0.1, -0.05) is 42.5 Å². The topological polar surface area (TPSA) is 49.4 Å². The molecule has 1 aliphatic carbocycles. The number of benzene rings is 3. The Kier molecular flexibility index (Phi) is 3.71. The van der Waals surface area contributed by atoms with Gasteiger partial charge < -0.3 is 10.2 Å². The minimum absolute atomic E-state index is 0.0157. The van der Waals surface area contributed by atoms with Crippen molar-refractivity contribution in [1.29, 1.82) is 0 Å². The van der Waals surface area contributed by atoms with E-state index in [4.69, 9.17) is 0 Å². The predicted molar refractivity (Wildman–Crippen MR) is 107 cm³/mol. The van der Waals surface area contributed by atoms with Gasteiger partial charge in [0.2, 0.25) is 11.8 Å². The summed E-state index contributed by atoms with van der Waals surface area (Å²) < 4.78 is 0. The van der Waals surface area contributed by atoms with Crippen molar-refractivity contribution in [2.24, 2.45) is 5.92 Å². The quantitative estimate of drug-likeness (QED) is 0.773. The lowest BCUT2D eigenvalue weighted by Gasteiger charge is -2.20. The zero-order valence-corrected chi connectivity index (χ0v) is 14.9. The van der Waals surface area contributed by atoms with E-state index in [2.05, 4.69) is 29.6 Å². The summed E-state index contributed by atoms with van der Waals surface area (Å²) in [4.78, 5) is 27.1. The van der Waals surface area contributed by atoms with Crippen LogP contribution >= 0.6 is 0 Å². The summed E-state index contributed by atoms with van der Waals surface area (Å²) in [5.41, 5.74) is 4.40. The summed E-state index contributed by atoms with van der Waals surface area (Å²) in [6.45, 7) is 0.427. The summed E-state index contributed by atoms with van der Waals surface area (Å²) in [7, 11) is 0. The van der Waals surface area contributed by atoms with Gasteiger partial charge in [0.25, 0.3) is 0 Å². The smallest absolute Gasteiger partial charge is 0.229 e. The van der Waals surface area contributed by atoms with Gasteiger partial charge >= 0.3 is 0 Å². The van der Waals surface area contributed by atoms with Crippen LogP contribution in [-0.4, -0.2) is 18.4 Å². The maximum Gasteiger partial charge on any atom is 0.229 e. The van der Waals surface area contributed by atoms with Crippen LogP contribution in [0.4, 0.5) is 11.4 Å². The molecule has 0 saturated carbocycles. The van der Waals surface area contributed by atoms with Crippen molar-refractivity contribution in [1.82, 2.24) is 0 Å². The molecule has 0 aromatic heterocycles. The number of rotatable bonds is 3. The van der Waals surface area contributed by atoms with Gasteiger partial charge in [-0.2, -0.15) is 0 Å². The molecule has 1 N–H and O–H groups in total. The van der Waals surface area contributed by atoms with Crippen LogP contribution in [0.5, 0.6) is 0 Å². The summed E-state index contributed by atoms with van der Waals surface area (Å²) in [5, 5.41) is 5.34. The fourth-order valence-corrected chi connectivity index (χ4v) is 4.35. The molecular weight excluding hydrogens is 336 g/mol. The minimum Gasteiger partial charge on any atom is -0.326 e. The molecule has 1 atom stereocenters. The second kappa shape index (κ2) is 6.23. The molecule has 1 aliphatic heterocycles. The van der Waals surface area contributed by atoms with E-state index >= 15 is 0 Å². The highest BCUT2D eigenvalue weighted by Gasteiger charge is 2.36. The van der Waals surface area contributed by atoms with Gasteiger partial charge in [0.1, 0.15) is 0 Å². The van der Waals surface area contributed by atoms with Gasteiger partial charge in [0.15, 0.2) is 0 Å². The maximum atomic E-state index is 12.7. The number of hydrogen-bond acceptors (Lipinski definition) is 2. The second-order valence-corrected chi connectivity index (χ2v) is 7.34. The van der Waals surface area contributed by atoms with Gasteiger partial charge in [-0.05, 0) is 47.6 Å². The lowest BCUT2D eigenvalue weighted by atomic mass is 10.0. The van der Waals surface area contributed by atoms with Crippen LogP contribution in [0.2, 0.25) is 0 Å². The Bertz CT molecular complexity index is 1050. The second-order valence-electron chi connectivity index (χ2n) is 7.34. The molecule has 0 bridgehead atoms. The van der Waals surface area contributed by atoms with Crippen LogP contribution < -0.4 is 10.2 Å². The maximum absolute atomic E-state index is 12.7. The number of carbonyl (C=O) groups excluding carboxylic acids is 2. The van der Waals surface area contributed by atoms with Crippen LogP contribution in [0.25, 0.3) is 10.8 Å². The average molecular weight is 356 g/mol. The van der Waals surface area contributed by atoms with Gasteiger partial charge in [-0.25, -0.2) is 0 Å². The largest absolute Gasteiger partial charge is 0.326 e. The Hall–Kier alpha value is -3.14. The summed E-state index contributed by atoms with van der Waals surface area (Å²) in [6, 6.07) is 19.9. The first-order chi connectivity index (χ1) is 13.2. The van der Waals surface area contributed by atoms with Crippen molar-refractivity contribution < 1.29 is 9.59 Å². The van der Waals surface area contributed by atoms with Crippen LogP contribution in [0.15, 0.2) is 60.7 Å². The molecule has 2 aliphatic rings. The molecule has 27 heavy (non-hydrogen) atoms. The van der Waals surface area contributed by atoms with Crippen LogP contribution in [0.1, 0.15) is 17.5 Å². The number of amides is 2. The monoisotopic (exact) mass is 356 g/mol. The van der Waals surface area contributed by atoms with Gasteiger partial charge in [-0.15, -0.1) is 0 Å². The van der Waals surface area contributed by atoms with Crippen LogP contribution in [-0.2, 0) is 22.4 Å². The lowest BCUT2D eigenvalue weighted by molar-refractivity contribution is -0.122. The van der Waals surface area contributed by atoms with E-state index in [1.54, 1.807) is 4.90 Å². The molecule has 5 rings (SSSR count). The fourth-order valence-electron chi connectivity index (χ4n) is 4.35. The molecule has 4 nitrogen and oxygen atoms in total. The summed E-state index contributed by atoms with van der Waals surface area (Å²) in [5.74, 6) is -0.411. The third-order valence-corrected chi connectivity index (χ3v) is 5.68. The first-order valence-electron chi connectivity index (χ1n) is 9.40. The van der Waals surface area contributed by atoms with Crippen molar-refractivity contribution in [3.05, 3.63) is 71.8 Å². The van der Waals surface area contributed by atoms with Gasteiger partial charge in [-0.3, -0.25) is 9.59 Å². The molecule has 3 aromatic carbocycles. The van der Waals surface area contributed by atoms with E-state index in [1.165, 1.54) is 16.5 Å². The first-order valence-corrected chi connectivity index (χ1v) is 9.40. The predicted octanol–water partition coefficient (Wildman–Crippen LogP) is 3.93. The van der Waals surface area contributed by atoms with E-state index in [9.17, 15) is 9.59 Å². The lowest BCUT2D eigenvalue weighted by Crippen LogP contribution is -2.28. The molecule has 1 heterocycles. The molecule has 134 valence electrons. The molecule has 2 amide bonds. The molecule has 4 heteroatoms. The number of hydrogen-bond donors (Lipinski definition) is 1. The molecule has 3 aromatic rings.